The van der Waals surface area contributed by atoms with Crippen LogP contribution in [0.3, 0.4) is 0 Å². The minimum absolute atomic E-state index is 0.0245. The number of rotatable bonds is 3. The van der Waals surface area contributed by atoms with Gasteiger partial charge in [0.15, 0.2) is 5.75 Å². The number of aromatic hydroxyl groups is 1. The molecular weight excluding hydrogens is 329 g/mol. The number of benzene rings is 2. The number of amides is 1. The van der Waals surface area contributed by atoms with E-state index in [-0.39, 0.29) is 21.5 Å². The molecule has 0 atom stereocenters. The van der Waals surface area contributed by atoms with Crippen LogP contribution in [0.4, 0.5) is 5.69 Å². The van der Waals surface area contributed by atoms with E-state index in [4.69, 9.17) is 27.9 Å². The molecule has 0 aliphatic carbocycles. The zero-order chi connectivity index (χ0) is 16.3. The second kappa shape index (κ2) is 6.68. The first-order valence-electron chi connectivity index (χ1n) is 6.14. The Hall–Kier alpha value is -2.24. The zero-order valence-corrected chi connectivity index (χ0v) is 12.9. The van der Waals surface area contributed by atoms with Gasteiger partial charge in [0.1, 0.15) is 5.75 Å². The third kappa shape index (κ3) is 3.90. The van der Waals surface area contributed by atoms with Gasteiger partial charge in [-0.2, -0.15) is 0 Å². The van der Waals surface area contributed by atoms with Crippen LogP contribution in [0.25, 0.3) is 0 Å². The van der Waals surface area contributed by atoms with Gasteiger partial charge in [-0.3, -0.25) is 9.59 Å². The van der Waals surface area contributed by atoms with Crippen LogP contribution in [0.2, 0.25) is 10.0 Å². The Bertz CT molecular complexity index is 723. The van der Waals surface area contributed by atoms with E-state index in [1.54, 1.807) is 18.2 Å². The van der Waals surface area contributed by atoms with Crippen molar-refractivity contribution >= 4 is 40.8 Å². The van der Waals surface area contributed by atoms with Gasteiger partial charge in [0.2, 0.25) is 0 Å². The number of phenolic OH excluding ortho intramolecular Hbond substituents is 1. The smallest absolute Gasteiger partial charge is 0.308 e. The topological polar surface area (TPSA) is 75.6 Å². The molecule has 2 aromatic rings. The summed E-state index contributed by atoms with van der Waals surface area (Å²) in [5.41, 5.74) is 0.620. The van der Waals surface area contributed by atoms with Gasteiger partial charge in [0, 0.05) is 18.2 Å². The SMILES string of the molecule is CC(=O)Oc1cccc(C(=O)Nc2cc(Cl)c(O)c(Cl)c2)c1. The molecule has 0 saturated heterocycles. The van der Waals surface area contributed by atoms with Crippen molar-refractivity contribution in [3.05, 3.63) is 52.0 Å². The maximum Gasteiger partial charge on any atom is 0.308 e. The number of halogens is 2. The maximum atomic E-state index is 12.2. The van der Waals surface area contributed by atoms with E-state index >= 15 is 0 Å². The molecule has 114 valence electrons. The quantitative estimate of drug-likeness (QED) is 0.505. The molecule has 0 aromatic heterocycles. The summed E-state index contributed by atoms with van der Waals surface area (Å²) >= 11 is 11.6. The molecule has 2 N–H and O–H groups in total. The normalized spacial score (nSPS) is 10.1. The lowest BCUT2D eigenvalue weighted by Gasteiger charge is -2.09. The first-order valence-corrected chi connectivity index (χ1v) is 6.90. The molecule has 0 unspecified atom stereocenters. The number of carbonyl (C=O) groups is 2. The largest absolute Gasteiger partial charge is 0.505 e. The van der Waals surface area contributed by atoms with E-state index in [1.807, 2.05) is 0 Å². The fraction of sp³-hybridized carbons (Fsp3) is 0.0667. The molecule has 0 bridgehead atoms. The van der Waals surface area contributed by atoms with Crippen molar-refractivity contribution in [2.75, 3.05) is 5.32 Å². The molecule has 22 heavy (non-hydrogen) atoms. The average Bonchev–Trinajstić information content (AvgIpc) is 2.44. The van der Waals surface area contributed by atoms with E-state index < -0.39 is 11.9 Å². The molecule has 0 aliphatic heterocycles. The molecule has 0 aliphatic rings. The first kappa shape index (κ1) is 16.1. The number of hydrogen-bond donors (Lipinski definition) is 2. The van der Waals surface area contributed by atoms with Crippen LogP contribution in [-0.4, -0.2) is 17.0 Å². The highest BCUT2D eigenvalue weighted by molar-refractivity contribution is 6.37. The number of phenols is 1. The Balaban J connectivity index is 2.20. The van der Waals surface area contributed by atoms with Gasteiger partial charge >= 0.3 is 5.97 Å². The fourth-order valence-corrected chi connectivity index (χ4v) is 2.19. The second-order valence-electron chi connectivity index (χ2n) is 4.36. The van der Waals surface area contributed by atoms with Crippen LogP contribution in [0.1, 0.15) is 17.3 Å². The monoisotopic (exact) mass is 339 g/mol. The van der Waals surface area contributed by atoms with Gasteiger partial charge in [0.25, 0.3) is 5.91 Å². The van der Waals surface area contributed by atoms with Gasteiger partial charge < -0.3 is 15.2 Å². The molecule has 1 amide bonds. The average molecular weight is 340 g/mol. The highest BCUT2D eigenvalue weighted by Crippen LogP contribution is 2.34. The number of esters is 1. The van der Waals surface area contributed by atoms with Crippen LogP contribution in [-0.2, 0) is 4.79 Å². The summed E-state index contributed by atoms with van der Waals surface area (Å²) in [4.78, 5) is 23.1. The van der Waals surface area contributed by atoms with Crippen molar-refractivity contribution in [1.82, 2.24) is 0 Å². The van der Waals surface area contributed by atoms with Crippen LogP contribution >= 0.6 is 23.2 Å². The van der Waals surface area contributed by atoms with E-state index in [1.165, 1.54) is 25.1 Å². The highest BCUT2D eigenvalue weighted by atomic mass is 35.5. The minimum atomic E-state index is -0.477. The van der Waals surface area contributed by atoms with Crippen molar-refractivity contribution in [2.45, 2.75) is 6.92 Å². The number of anilines is 1. The van der Waals surface area contributed by atoms with Crippen molar-refractivity contribution in [3.63, 3.8) is 0 Å². The Morgan fingerprint density at radius 1 is 1.14 bits per heavy atom. The van der Waals surface area contributed by atoms with Crippen LogP contribution in [0.15, 0.2) is 36.4 Å². The fourth-order valence-electron chi connectivity index (χ4n) is 1.71. The van der Waals surface area contributed by atoms with Crippen molar-refractivity contribution in [1.29, 1.82) is 0 Å². The highest BCUT2D eigenvalue weighted by Gasteiger charge is 2.11. The molecule has 5 nitrogen and oxygen atoms in total. The predicted molar refractivity (Wildman–Crippen MR) is 83.8 cm³/mol. The number of ether oxygens (including phenoxy) is 1. The number of carbonyl (C=O) groups excluding carboxylic acids is 2. The molecule has 2 rings (SSSR count). The molecule has 0 saturated carbocycles. The van der Waals surface area contributed by atoms with Gasteiger partial charge in [-0.25, -0.2) is 0 Å². The van der Waals surface area contributed by atoms with E-state index in [0.29, 0.717) is 11.3 Å². The van der Waals surface area contributed by atoms with Crippen molar-refractivity contribution in [3.8, 4) is 11.5 Å². The predicted octanol–water partition coefficient (Wildman–Crippen LogP) is 3.88. The van der Waals surface area contributed by atoms with Crippen LogP contribution in [0.5, 0.6) is 11.5 Å². The molecule has 2 aromatic carbocycles. The minimum Gasteiger partial charge on any atom is -0.505 e. The molecule has 0 heterocycles. The summed E-state index contributed by atoms with van der Waals surface area (Å²) in [6.45, 7) is 1.27. The van der Waals surface area contributed by atoms with E-state index in [0.717, 1.165) is 0 Å². The third-order valence-electron chi connectivity index (χ3n) is 2.63. The standard InChI is InChI=1S/C15H11Cl2NO4/c1-8(19)22-11-4-2-3-9(5-11)15(21)18-10-6-12(16)14(20)13(17)7-10/h2-7,20H,1H3,(H,18,21). The van der Waals surface area contributed by atoms with Gasteiger partial charge in [0.05, 0.1) is 10.0 Å². The van der Waals surface area contributed by atoms with Gasteiger partial charge in [-0.05, 0) is 30.3 Å². The summed E-state index contributed by atoms with van der Waals surface area (Å²) in [7, 11) is 0. The summed E-state index contributed by atoms with van der Waals surface area (Å²) < 4.78 is 4.92. The summed E-state index contributed by atoms with van der Waals surface area (Å²) in [6, 6.07) is 8.88. The Labute approximate surface area is 136 Å². The van der Waals surface area contributed by atoms with Crippen molar-refractivity contribution < 1.29 is 19.4 Å². The third-order valence-corrected chi connectivity index (χ3v) is 3.21. The number of hydrogen-bond acceptors (Lipinski definition) is 4. The summed E-state index contributed by atoms with van der Waals surface area (Å²) in [5.74, 6) is -0.901. The molecular formula is C15H11Cl2NO4. The zero-order valence-electron chi connectivity index (χ0n) is 11.4. The second-order valence-corrected chi connectivity index (χ2v) is 5.18. The molecule has 7 heteroatoms. The Kier molecular flexibility index (Phi) is 4.90. The summed E-state index contributed by atoms with van der Waals surface area (Å²) in [6.07, 6.45) is 0. The Morgan fingerprint density at radius 3 is 2.36 bits per heavy atom. The van der Waals surface area contributed by atoms with E-state index in [2.05, 4.69) is 5.32 Å². The van der Waals surface area contributed by atoms with Gasteiger partial charge in [-0.1, -0.05) is 29.3 Å². The summed E-state index contributed by atoms with van der Waals surface area (Å²) in [5, 5.41) is 12.1. The Morgan fingerprint density at radius 2 is 1.77 bits per heavy atom. The maximum absolute atomic E-state index is 12.2. The van der Waals surface area contributed by atoms with Crippen molar-refractivity contribution in [2.24, 2.45) is 0 Å². The molecule has 0 radical (unpaired) electrons. The molecule has 0 fully saturated rings. The lowest BCUT2D eigenvalue weighted by molar-refractivity contribution is -0.131. The van der Waals surface area contributed by atoms with E-state index in [9.17, 15) is 14.7 Å². The van der Waals surface area contributed by atoms with Crippen LogP contribution < -0.4 is 10.1 Å². The molecule has 0 spiro atoms. The lowest BCUT2D eigenvalue weighted by atomic mass is 10.2. The lowest BCUT2D eigenvalue weighted by Crippen LogP contribution is -2.12. The first-order chi connectivity index (χ1) is 10.4. The van der Waals surface area contributed by atoms with Gasteiger partial charge in [-0.15, -0.1) is 0 Å². The van der Waals surface area contributed by atoms with Crippen LogP contribution in [0, 0.1) is 0 Å². The number of nitrogens with one attached hydrogen (secondary N) is 1.